The number of carboxylic acid groups (broad SMARTS) is 1. The number of nitrogens with zero attached hydrogens (tertiary/aromatic N) is 1. The Morgan fingerprint density at radius 1 is 0.900 bits per heavy atom. The number of hydrogen-bond donors (Lipinski definition) is 1. The monoisotopic (exact) mass is 289 g/mol. The molecule has 0 heterocycles. The Balaban J connectivity index is 4.35. The maximum atomic E-state index is 11.9. The van der Waals surface area contributed by atoms with E-state index in [-0.39, 0.29) is 25.9 Å². The van der Waals surface area contributed by atoms with Gasteiger partial charge in [0.05, 0.1) is 14.2 Å². The zero-order valence-corrected chi connectivity index (χ0v) is 11.6. The van der Waals surface area contributed by atoms with E-state index in [1.807, 2.05) is 0 Å². The van der Waals surface area contributed by atoms with Crippen molar-refractivity contribution in [1.29, 1.82) is 0 Å². The van der Waals surface area contributed by atoms with Crippen molar-refractivity contribution < 1.29 is 33.8 Å². The first-order valence-corrected chi connectivity index (χ1v) is 6.04. The van der Waals surface area contributed by atoms with Crippen molar-refractivity contribution in [2.75, 3.05) is 27.3 Å². The van der Waals surface area contributed by atoms with Gasteiger partial charge in [-0.2, -0.15) is 0 Å². The summed E-state index contributed by atoms with van der Waals surface area (Å²) in [6, 6.07) is 0. The van der Waals surface area contributed by atoms with Gasteiger partial charge in [-0.15, -0.1) is 0 Å². The summed E-state index contributed by atoms with van der Waals surface area (Å²) >= 11 is 0. The van der Waals surface area contributed by atoms with Crippen LogP contribution in [0.25, 0.3) is 0 Å². The molecule has 0 fully saturated rings. The summed E-state index contributed by atoms with van der Waals surface area (Å²) in [6.45, 7) is -0.688. The van der Waals surface area contributed by atoms with Crippen LogP contribution in [-0.4, -0.2) is 61.1 Å². The molecule has 0 saturated heterocycles. The van der Waals surface area contributed by atoms with Gasteiger partial charge >= 0.3 is 17.9 Å². The summed E-state index contributed by atoms with van der Waals surface area (Å²) in [5.74, 6) is -2.65. The smallest absolute Gasteiger partial charge is 0.325 e. The second-order valence-electron chi connectivity index (χ2n) is 4.00. The summed E-state index contributed by atoms with van der Waals surface area (Å²) in [5.41, 5.74) is 0. The van der Waals surface area contributed by atoms with Gasteiger partial charge < -0.3 is 19.5 Å². The zero-order valence-electron chi connectivity index (χ0n) is 11.6. The van der Waals surface area contributed by atoms with Crippen LogP contribution in [0.1, 0.15) is 25.7 Å². The van der Waals surface area contributed by atoms with E-state index < -0.39 is 23.8 Å². The predicted octanol–water partition coefficient (Wildman–Crippen LogP) is -0.194. The minimum atomic E-state index is -0.932. The summed E-state index contributed by atoms with van der Waals surface area (Å²) in [7, 11) is 2.35. The number of amides is 1. The van der Waals surface area contributed by atoms with E-state index >= 15 is 0 Å². The number of methoxy groups -OCH3 is 2. The van der Waals surface area contributed by atoms with E-state index in [9.17, 15) is 19.2 Å². The predicted molar refractivity (Wildman–Crippen MR) is 66.7 cm³/mol. The molecule has 0 aromatic rings. The summed E-state index contributed by atoms with van der Waals surface area (Å²) in [5, 5.41) is 8.47. The van der Waals surface area contributed by atoms with Crippen LogP contribution in [0.15, 0.2) is 0 Å². The van der Waals surface area contributed by atoms with Crippen molar-refractivity contribution in [2.24, 2.45) is 0 Å². The number of unbranched alkanes of at least 4 members (excludes halogenated alkanes) is 1. The Labute approximate surface area is 116 Å². The first-order chi connectivity index (χ1) is 9.40. The van der Waals surface area contributed by atoms with Crippen molar-refractivity contribution in [3.8, 4) is 0 Å². The van der Waals surface area contributed by atoms with Gasteiger partial charge in [-0.25, -0.2) is 0 Å². The van der Waals surface area contributed by atoms with Crippen molar-refractivity contribution in [3.05, 3.63) is 0 Å². The number of carbonyl (C=O) groups excluding carboxylic acids is 3. The minimum Gasteiger partial charge on any atom is -0.481 e. The van der Waals surface area contributed by atoms with Crippen LogP contribution < -0.4 is 0 Å². The van der Waals surface area contributed by atoms with Crippen molar-refractivity contribution >= 4 is 23.8 Å². The standard InChI is InChI=1S/C12H19NO7/c1-19-11(17)7-13(8-12(18)20-2)9(14)5-3-4-6-10(15)16/h3-8H2,1-2H3,(H,15,16). The van der Waals surface area contributed by atoms with Crippen molar-refractivity contribution in [3.63, 3.8) is 0 Å². The van der Waals surface area contributed by atoms with Crippen LogP contribution in [0, 0.1) is 0 Å². The maximum absolute atomic E-state index is 11.9. The lowest BCUT2D eigenvalue weighted by atomic mass is 10.2. The molecule has 1 amide bonds. The molecule has 1 N–H and O–H groups in total. The third-order valence-corrected chi connectivity index (χ3v) is 2.48. The molecule has 8 heteroatoms. The highest BCUT2D eigenvalue weighted by Gasteiger charge is 2.20. The van der Waals surface area contributed by atoms with Crippen LogP contribution in [-0.2, 0) is 28.7 Å². The molecule has 0 rings (SSSR count). The van der Waals surface area contributed by atoms with Crippen molar-refractivity contribution in [2.45, 2.75) is 25.7 Å². The first kappa shape index (κ1) is 17.9. The van der Waals surface area contributed by atoms with Gasteiger partial charge in [0.25, 0.3) is 0 Å². The second-order valence-corrected chi connectivity index (χ2v) is 4.00. The number of ether oxygens (including phenoxy) is 2. The Kier molecular flexibility index (Phi) is 8.73. The molecule has 8 nitrogen and oxygen atoms in total. The normalized spacial score (nSPS) is 9.70. The SMILES string of the molecule is COC(=O)CN(CC(=O)OC)C(=O)CCCCC(=O)O. The third-order valence-electron chi connectivity index (χ3n) is 2.48. The number of carbonyl (C=O) groups is 4. The van der Waals surface area contributed by atoms with E-state index in [1.165, 1.54) is 14.2 Å². The molecule has 0 unspecified atom stereocenters. The molecule has 0 bridgehead atoms. The van der Waals surface area contributed by atoms with E-state index in [0.717, 1.165) is 4.90 Å². The second kappa shape index (κ2) is 9.76. The molecule has 20 heavy (non-hydrogen) atoms. The highest BCUT2D eigenvalue weighted by Crippen LogP contribution is 2.04. The van der Waals surface area contributed by atoms with Gasteiger partial charge in [0.2, 0.25) is 5.91 Å². The molecule has 0 aliphatic rings. The zero-order chi connectivity index (χ0) is 15.5. The summed E-state index contributed by atoms with van der Waals surface area (Å²) in [4.78, 5) is 45.5. The molecule has 0 spiro atoms. The Bertz CT molecular complexity index is 349. The van der Waals surface area contributed by atoms with Gasteiger partial charge in [0.15, 0.2) is 0 Å². The lowest BCUT2D eigenvalue weighted by molar-refractivity contribution is -0.152. The van der Waals surface area contributed by atoms with Crippen LogP contribution >= 0.6 is 0 Å². The van der Waals surface area contributed by atoms with Gasteiger partial charge in [-0.05, 0) is 12.8 Å². The molecule has 0 radical (unpaired) electrons. The molecule has 0 aliphatic carbocycles. The highest BCUT2D eigenvalue weighted by molar-refractivity contribution is 5.85. The van der Waals surface area contributed by atoms with Gasteiger partial charge in [-0.1, -0.05) is 0 Å². The molecular formula is C12H19NO7. The fourth-order valence-corrected chi connectivity index (χ4v) is 1.38. The Hall–Kier alpha value is -2.12. The largest absolute Gasteiger partial charge is 0.481 e. The molecule has 0 aromatic carbocycles. The lowest BCUT2D eigenvalue weighted by Gasteiger charge is -2.20. The summed E-state index contributed by atoms with van der Waals surface area (Å²) in [6.07, 6.45) is 0.748. The first-order valence-electron chi connectivity index (χ1n) is 6.04. The topological polar surface area (TPSA) is 110 Å². The number of carboxylic acids is 1. The maximum Gasteiger partial charge on any atom is 0.325 e. The third kappa shape index (κ3) is 8.06. The number of rotatable bonds is 9. The van der Waals surface area contributed by atoms with E-state index in [1.54, 1.807) is 0 Å². The van der Waals surface area contributed by atoms with E-state index in [0.29, 0.717) is 12.8 Å². The average Bonchev–Trinajstić information content (AvgIpc) is 2.41. The van der Waals surface area contributed by atoms with Gasteiger partial charge in [0, 0.05) is 12.8 Å². The molecule has 0 atom stereocenters. The summed E-state index contributed by atoms with van der Waals surface area (Å²) < 4.78 is 8.88. The Morgan fingerprint density at radius 3 is 1.75 bits per heavy atom. The van der Waals surface area contributed by atoms with Gasteiger partial charge in [-0.3, -0.25) is 19.2 Å². The molecular weight excluding hydrogens is 270 g/mol. The lowest BCUT2D eigenvalue weighted by Crippen LogP contribution is -2.40. The fraction of sp³-hybridized carbons (Fsp3) is 0.667. The molecule has 0 aliphatic heterocycles. The molecule has 0 aromatic heterocycles. The number of esters is 2. The highest BCUT2D eigenvalue weighted by atomic mass is 16.5. The average molecular weight is 289 g/mol. The minimum absolute atomic E-state index is 0.0265. The molecule has 0 saturated carbocycles. The van der Waals surface area contributed by atoms with Crippen LogP contribution in [0.2, 0.25) is 0 Å². The van der Waals surface area contributed by atoms with Crippen LogP contribution in [0.3, 0.4) is 0 Å². The fourth-order valence-electron chi connectivity index (χ4n) is 1.38. The van der Waals surface area contributed by atoms with E-state index in [2.05, 4.69) is 9.47 Å². The Morgan fingerprint density at radius 2 is 1.35 bits per heavy atom. The van der Waals surface area contributed by atoms with E-state index in [4.69, 9.17) is 5.11 Å². The van der Waals surface area contributed by atoms with Crippen LogP contribution in [0.5, 0.6) is 0 Å². The quantitative estimate of drug-likeness (QED) is 0.462. The van der Waals surface area contributed by atoms with Crippen LogP contribution in [0.4, 0.5) is 0 Å². The number of hydrogen-bond acceptors (Lipinski definition) is 6. The number of aliphatic carboxylic acids is 1. The van der Waals surface area contributed by atoms with Gasteiger partial charge in [0.1, 0.15) is 13.1 Å². The van der Waals surface area contributed by atoms with Crippen molar-refractivity contribution in [1.82, 2.24) is 4.90 Å². The molecule has 114 valence electrons.